The van der Waals surface area contributed by atoms with Gasteiger partial charge in [-0.15, -0.1) is 0 Å². The minimum absolute atomic E-state index is 0.164. The number of halogens is 1. The normalized spacial score (nSPS) is 17.4. The highest BCUT2D eigenvalue weighted by Gasteiger charge is 2.32. The van der Waals surface area contributed by atoms with Gasteiger partial charge in [0.2, 0.25) is 11.7 Å². The second-order valence-corrected chi connectivity index (χ2v) is 5.58. The summed E-state index contributed by atoms with van der Waals surface area (Å²) in [7, 11) is 0. The summed E-state index contributed by atoms with van der Waals surface area (Å²) in [5.41, 5.74) is 0.164. The summed E-state index contributed by atoms with van der Waals surface area (Å²) in [5.74, 6) is -3.49. The molecule has 0 saturated carbocycles. The van der Waals surface area contributed by atoms with E-state index in [4.69, 9.17) is 9.52 Å². The minimum Gasteiger partial charge on any atom is -0.475 e. The summed E-state index contributed by atoms with van der Waals surface area (Å²) >= 11 is 0. The van der Waals surface area contributed by atoms with Gasteiger partial charge in [-0.2, -0.15) is 0 Å². The first-order chi connectivity index (χ1) is 12.0. The number of rotatable bonds is 4. The Morgan fingerprint density at radius 2 is 1.92 bits per heavy atom. The van der Waals surface area contributed by atoms with E-state index in [0.29, 0.717) is 19.4 Å². The lowest BCUT2D eigenvalue weighted by Gasteiger charge is -2.32. The molecule has 2 aromatic rings. The van der Waals surface area contributed by atoms with Crippen molar-refractivity contribution in [1.29, 1.82) is 0 Å². The van der Waals surface area contributed by atoms with E-state index in [1.807, 2.05) is 0 Å². The number of anilines is 1. The van der Waals surface area contributed by atoms with Crippen LogP contribution in [0.1, 0.15) is 34.0 Å². The molecule has 0 radical (unpaired) electrons. The lowest BCUT2D eigenvalue weighted by molar-refractivity contribution is -0.121. The first kappa shape index (κ1) is 16.7. The molecule has 0 bridgehead atoms. The zero-order valence-electron chi connectivity index (χ0n) is 13.1. The van der Waals surface area contributed by atoms with Crippen LogP contribution >= 0.6 is 0 Å². The Labute approximate surface area is 142 Å². The van der Waals surface area contributed by atoms with Gasteiger partial charge < -0.3 is 19.7 Å². The van der Waals surface area contributed by atoms with Crippen molar-refractivity contribution < 1.29 is 28.3 Å². The molecule has 2 N–H and O–H groups in total. The maximum Gasteiger partial charge on any atom is 0.371 e. The Morgan fingerprint density at radius 1 is 1.20 bits per heavy atom. The number of nitrogens with zero attached hydrogens (tertiary/aromatic N) is 1. The van der Waals surface area contributed by atoms with Crippen LogP contribution in [0.4, 0.5) is 10.1 Å². The van der Waals surface area contributed by atoms with Gasteiger partial charge in [0.05, 0.1) is 5.69 Å². The Hall–Kier alpha value is -3.16. The van der Waals surface area contributed by atoms with Crippen molar-refractivity contribution in [2.45, 2.75) is 18.9 Å². The Bertz CT molecular complexity index is 832. The maximum atomic E-state index is 13.9. The number of nitrogens with one attached hydrogen (secondary N) is 1. The van der Waals surface area contributed by atoms with Gasteiger partial charge in [-0.25, -0.2) is 9.18 Å². The standard InChI is InChI=1S/C17H15FN2O5/c18-10-4-1-2-6-12(10)20-9-3-5-11(16(20)22)19-15(21)13-7-8-14(25-13)17(23)24/h1-2,4,6-8,11H,3,5,9H2,(H,19,21)(H,23,24). The molecular formula is C17H15FN2O5. The fourth-order valence-corrected chi connectivity index (χ4v) is 2.72. The van der Waals surface area contributed by atoms with Gasteiger partial charge in [-0.05, 0) is 37.1 Å². The molecule has 2 amide bonds. The van der Waals surface area contributed by atoms with Crippen molar-refractivity contribution in [3.63, 3.8) is 0 Å². The van der Waals surface area contributed by atoms with Gasteiger partial charge in [0.1, 0.15) is 11.9 Å². The van der Waals surface area contributed by atoms with Crippen LogP contribution in [0.3, 0.4) is 0 Å². The van der Waals surface area contributed by atoms with Gasteiger partial charge in [0.25, 0.3) is 5.91 Å². The van der Waals surface area contributed by atoms with Gasteiger partial charge >= 0.3 is 5.97 Å². The second-order valence-electron chi connectivity index (χ2n) is 5.58. The molecule has 0 spiro atoms. The molecule has 130 valence electrons. The molecule has 1 aliphatic heterocycles. The number of hydrogen-bond acceptors (Lipinski definition) is 4. The third kappa shape index (κ3) is 3.37. The second kappa shape index (κ2) is 6.76. The molecule has 8 heteroatoms. The summed E-state index contributed by atoms with van der Waals surface area (Å²) < 4.78 is 18.8. The van der Waals surface area contributed by atoms with Crippen molar-refractivity contribution in [1.82, 2.24) is 5.32 Å². The molecule has 1 aromatic carbocycles. The van der Waals surface area contributed by atoms with Crippen LogP contribution in [0.25, 0.3) is 0 Å². The van der Waals surface area contributed by atoms with Crippen molar-refractivity contribution in [2.24, 2.45) is 0 Å². The number of carbonyl (C=O) groups is 3. The molecule has 1 fully saturated rings. The van der Waals surface area contributed by atoms with Crippen LogP contribution in [0.15, 0.2) is 40.8 Å². The molecule has 7 nitrogen and oxygen atoms in total. The first-order valence-corrected chi connectivity index (χ1v) is 7.67. The quantitative estimate of drug-likeness (QED) is 0.882. The molecule has 0 aliphatic carbocycles. The number of furan rings is 1. The van der Waals surface area contributed by atoms with Gasteiger partial charge in [-0.3, -0.25) is 9.59 Å². The Morgan fingerprint density at radius 3 is 2.60 bits per heavy atom. The third-order valence-corrected chi connectivity index (χ3v) is 3.93. The van der Waals surface area contributed by atoms with E-state index in [2.05, 4.69) is 5.32 Å². The van der Waals surface area contributed by atoms with Crippen LogP contribution in [-0.2, 0) is 4.79 Å². The van der Waals surface area contributed by atoms with Crippen molar-refractivity contribution in [3.8, 4) is 0 Å². The van der Waals surface area contributed by atoms with Crippen molar-refractivity contribution in [2.75, 3.05) is 11.4 Å². The van der Waals surface area contributed by atoms with Crippen LogP contribution < -0.4 is 10.2 Å². The Kier molecular flexibility index (Phi) is 4.51. The number of amides is 2. The largest absolute Gasteiger partial charge is 0.475 e. The van der Waals surface area contributed by atoms with Crippen LogP contribution in [0.5, 0.6) is 0 Å². The van der Waals surface area contributed by atoms with E-state index in [-0.39, 0.29) is 17.2 Å². The van der Waals surface area contributed by atoms with Crippen LogP contribution in [0, 0.1) is 5.82 Å². The molecular weight excluding hydrogens is 331 g/mol. The lowest BCUT2D eigenvalue weighted by atomic mass is 10.0. The average Bonchev–Trinajstić information content (AvgIpc) is 3.08. The SMILES string of the molecule is O=C(O)c1ccc(C(=O)NC2CCCN(c3ccccc3F)C2=O)o1. The molecule has 1 aromatic heterocycles. The summed E-state index contributed by atoms with van der Waals surface area (Å²) in [5, 5.41) is 11.3. The number of aromatic carboxylic acids is 1. The molecule has 3 rings (SSSR count). The Balaban J connectivity index is 1.74. The first-order valence-electron chi connectivity index (χ1n) is 7.67. The number of carboxylic acids is 1. The van der Waals surface area contributed by atoms with Gasteiger partial charge in [-0.1, -0.05) is 12.1 Å². The zero-order valence-corrected chi connectivity index (χ0v) is 13.1. The number of piperidine rings is 1. The highest BCUT2D eigenvalue weighted by molar-refractivity contribution is 6.02. The van der Waals surface area contributed by atoms with E-state index in [9.17, 15) is 18.8 Å². The predicted octanol–water partition coefficient (Wildman–Crippen LogP) is 2.04. The fraction of sp³-hybridized carbons (Fsp3) is 0.235. The van der Waals surface area contributed by atoms with Crippen molar-refractivity contribution >= 4 is 23.5 Å². The number of hydrogen-bond donors (Lipinski definition) is 2. The highest BCUT2D eigenvalue weighted by atomic mass is 19.1. The summed E-state index contributed by atoms with van der Waals surface area (Å²) in [6, 6.07) is 7.48. The fourth-order valence-electron chi connectivity index (χ4n) is 2.72. The summed E-state index contributed by atoms with van der Waals surface area (Å²) in [4.78, 5) is 36.8. The molecule has 25 heavy (non-hydrogen) atoms. The summed E-state index contributed by atoms with van der Waals surface area (Å²) in [6.07, 6.45) is 0.992. The van der Waals surface area contributed by atoms with Crippen molar-refractivity contribution in [3.05, 3.63) is 53.7 Å². The molecule has 1 saturated heterocycles. The molecule has 1 unspecified atom stereocenters. The van der Waals surface area contributed by atoms with E-state index in [1.54, 1.807) is 6.07 Å². The highest BCUT2D eigenvalue weighted by Crippen LogP contribution is 2.24. The van der Waals surface area contributed by atoms with E-state index in [1.165, 1.54) is 29.2 Å². The molecule has 1 atom stereocenters. The molecule has 1 aliphatic rings. The van der Waals surface area contributed by atoms with E-state index < -0.39 is 29.6 Å². The smallest absolute Gasteiger partial charge is 0.371 e. The monoisotopic (exact) mass is 346 g/mol. The lowest BCUT2D eigenvalue weighted by Crippen LogP contribution is -2.52. The zero-order chi connectivity index (χ0) is 18.0. The topological polar surface area (TPSA) is 99.8 Å². The predicted molar refractivity (Wildman–Crippen MR) is 84.9 cm³/mol. The molecule has 2 heterocycles. The van der Waals surface area contributed by atoms with E-state index >= 15 is 0 Å². The van der Waals surface area contributed by atoms with Crippen LogP contribution in [-0.4, -0.2) is 35.5 Å². The van der Waals surface area contributed by atoms with Gasteiger partial charge in [0, 0.05) is 6.54 Å². The average molecular weight is 346 g/mol. The number of benzene rings is 1. The van der Waals surface area contributed by atoms with Crippen LogP contribution in [0.2, 0.25) is 0 Å². The number of carbonyl (C=O) groups excluding carboxylic acids is 2. The number of para-hydroxylation sites is 1. The minimum atomic E-state index is -1.29. The summed E-state index contributed by atoms with van der Waals surface area (Å²) in [6.45, 7) is 0.357. The maximum absolute atomic E-state index is 13.9. The van der Waals surface area contributed by atoms with E-state index in [0.717, 1.165) is 6.07 Å². The third-order valence-electron chi connectivity index (χ3n) is 3.93. The number of carboxylic acid groups (broad SMARTS) is 1. The van der Waals surface area contributed by atoms with Gasteiger partial charge in [0.15, 0.2) is 5.76 Å².